The largest absolute Gasteiger partial charge is 0.431 e. The fraction of sp³-hybridized carbons (Fsp3) is 0.786. The Morgan fingerprint density at radius 1 is 1.06 bits per heavy atom. The number of ether oxygens (including phenoxy) is 1. The third kappa shape index (κ3) is 4.38. The number of rotatable bonds is 8. The summed E-state index contributed by atoms with van der Waals surface area (Å²) in [6.07, 6.45) is 10.2. The van der Waals surface area contributed by atoms with Gasteiger partial charge in [-0.2, -0.15) is 0 Å². The van der Waals surface area contributed by atoms with Gasteiger partial charge in [0.05, 0.1) is 6.42 Å². The summed E-state index contributed by atoms with van der Waals surface area (Å²) < 4.78 is 5.23. The molecular weight excluding hydrogens is 200 g/mol. The van der Waals surface area contributed by atoms with Gasteiger partial charge < -0.3 is 4.74 Å². The quantitative estimate of drug-likeness (QED) is 0.452. The molecule has 92 valence electrons. The van der Waals surface area contributed by atoms with E-state index in [0.717, 1.165) is 25.0 Å². The van der Waals surface area contributed by atoms with Crippen molar-refractivity contribution in [2.24, 2.45) is 0 Å². The Hall–Kier alpha value is -0.790. The number of allylic oxidation sites excluding steroid dienone is 1. The molecule has 0 saturated heterocycles. The van der Waals surface area contributed by atoms with Crippen LogP contribution in [0.4, 0.5) is 0 Å². The first-order chi connectivity index (χ1) is 7.77. The number of unbranched alkanes of at least 4 members (excludes halogenated alkanes) is 5. The lowest BCUT2D eigenvalue weighted by Crippen LogP contribution is -1.93. The number of carbonyl (C=O) groups excluding carboxylic acids is 1. The van der Waals surface area contributed by atoms with E-state index in [1.54, 1.807) is 0 Å². The van der Waals surface area contributed by atoms with Crippen molar-refractivity contribution >= 4 is 5.97 Å². The number of carbonyl (C=O) groups is 1. The highest BCUT2D eigenvalue weighted by atomic mass is 16.5. The van der Waals surface area contributed by atoms with Crippen molar-refractivity contribution in [2.75, 3.05) is 0 Å². The van der Waals surface area contributed by atoms with E-state index in [2.05, 4.69) is 13.8 Å². The fourth-order valence-electron chi connectivity index (χ4n) is 2.13. The lowest BCUT2D eigenvalue weighted by Gasteiger charge is -2.04. The van der Waals surface area contributed by atoms with Crippen LogP contribution in [0.25, 0.3) is 0 Å². The monoisotopic (exact) mass is 224 g/mol. The third-order valence-electron chi connectivity index (χ3n) is 3.17. The zero-order chi connectivity index (χ0) is 11.8. The van der Waals surface area contributed by atoms with Gasteiger partial charge in [0.2, 0.25) is 0 Å². The normalized spacial score (nSPS) is 15.8. The van der Waals surface area contributed by atoms with Gasteiger partial charge in [-0.3, -0.25) is 4.79 Å². The molecule has 2 heteroatoms. The Morgan fingerprint density at radius 2 is 1.75 bits per heavy atom. The molecule has 0 amide bonds. The van der Waals surface area contributed by atoms with E-state index in [0.29, 0.717) is 6.42 Å². The summed E-state index contributed by atoms with van der Waals surface area (Å²) in [5, 5.41) is 0. The molecule has 0 N–H and O–H groups in total. The molecule has 0 aromatic heterocycles. The maximum atomic E-state index is 11.1. The minimum absolute atomic E-state index is 0.0576. The van der Waals surface area contributed by atoms with Crippen LogP contribution >= 0.6 is 0 Å². The number of hydrogen-bond acceptors (Lipinski definition) is 2. The van der Waals surface area contributed by atoms with Gasteiger partial charge in [-0.15, -0.1) is 0 Å². The second-order valence-electron chi connectivity index (χ2n) is 4.55. The van der Waals surface area contributed by atoms with Crippen LogP contribution in [0.5, 0.6) is 0 Å². The molecule has 0 unspecified atom stereocenters. The molecular formula is C14H24O2. The number of esters is 1. The maximum absolute atomic E-state index is 11.1. The minimum Gasteiger partial charge on any atom is -0.431 e. The summed E-state index contributed by atoms with van der Waals surface area (Å²) in [6, 6.07) is 0. The smallest absolute Gasteiger partial charge is 0.315 e. The molecule has 0 aromatic rings. The van der Waals surface area contributed by atoms with Crippen LogP contribution in [0.3, 0.4) is 0 Å². The van der Waals surface area contributed by atoms with Crippen molar-refractivity contribution < 1.29 is 9.53 Å². The summed E-state index contributed by atoms with van der Waals surface area (Å²) in [5.74, 6) is 0.917. The molecule has 0 fully saturated rings. The Kier molecular flexibility index (Phi) is 6.20. The average molecular weight is 224 g/mol. The number of cyclic esters (lactones) is 1. The maximum Gasteiger partial charge on any atom is 0.315 e. The van der Waals surface area contributed by atoms with Crippen molar-refractivity contribution in [3.8, 4) is 0 Å². The molecule has 0 aliphatic carbocycles. The molecule has 0 atom stereocenters. The highest BCUT2D eigenvalue weighted by molar-refractivity contribution is 5.76. The van der Waals surface area contributed by atoms with Gasteiger partial charge in [-0.25, -0.2) is 0 Å². The first kappa shape index (κ1) is 13.3. The molecule has 1 aliphatic heterocycles. The molecule has 0 bridgehead atoms. The van der Waals surface area contributed by atoms with Crippen LogP contribution in [0.1, 0.15) is 71.6 Å². The van der Waals surface area contributed by atoms with Crippen molar-refractivity contribution in [2.45, 2.75) is 71.6 Å². The summed E-state index contributed by atoms with van der Waals surface area (Å²) in [7, 11) is 0. The third-order valence-corrected chi connectivity index (χ3v) is 3.17. The van der Waals surface area contributed by atoms with E-state index in [4.69, 9.17) is 4.74 Å². The van der Waals surface area contributed by atoms with Crippen molar-refractivity contribution in [1.82, 2.24) is 0 Å². The predicted molar refractivity (Wildman–Crippen MR) is 66.0 cm³/mol. The molecule has 0 radical (unpaired) electrons. The average Bonchev–Trinajstić information content (AvgIpc) is 2.64. The Balaban J connectivity index is 2.14. The van der Waals surface area contributed by atoms with Crippen LogP contribution in [-0.4, -0.2) is 5.97 Å². The van der Waals surface area contributed by atoms with Gasteiger partial charge >= 0.3 is 5.97 Å². The SMILES string of the molecule is CCCCCCCCC1=C(CC)CC(=O)O1. The summed E-state index contributed by atoms with van der Waals surface area (Å²) in [6.45, 7) is 4.33. The van der Waals surface area contributed by atoms with Crippen LogP contribution in [0.15, 0.2) is 11.3 Å². The number of hydrogen-bond donors (Lipinski definition) is 0. The molecule has 0 saturated carbocycles. The lowest BCUT2D eigenvalue weighted by atomic mass is 10.1. The topological polar surface area (TPSA) is 26.3 Å². The molecule has 16 heavy (non-hydrogen) atoms. The zero-order valence-corrected chi connectivity index (χ0v) is 10.7. The summed E-state index contributed by atoms with van der Waals surface area (Å²) in [4.78, 5) is 11.1. The van der Waals surface area contributed by atoms with Gasteiger partial charge in [0.1, 0.15) is 5.76 Å². The first-order valence-electron chi connectivity index (χ1n) is 6.69. The summed E-state index contributed by atoms with van der Waals surface area (Å²) >= 11 is 0. The van der Waals surface area contributed by atoms with E-state index in [-0.39, 0.29) is 5.97 Å². The Bertz CT molecular complexity index is 253. The Morgan fingerprint density at radius 3 is 2.44 bits per heavy atom. The minimum atomic E-state index is -0.0576. The molecule has 1 rings (SSSR count). The lowest BCUT2D eigenvalue weighted by molar-refractivity contribution is -0.136. The van der Waals surface area contributed by atoms with Gasteiger partial charge in [0.25, 0.3) is 0 Å². The van der Waals surface area contributed by atoms with E-state index in [9.17, 15) is 4.79 Å². The van der Waals surface area contributed by atoms with E-state index in [1.807, 2.05) is 0 Å². The Labute approximate surface area is 99.1 Å². The van der Waals surface area contributed by atoms with Gasteiger partial charge in [-0.1, -0.05) is 46.0 Å². The fourth-order valence-corrected chi connectivity index (χ4v) is 2.13. The van der Waals surface area contributed by atoms with Crippen molar-refractivity contribution in [3.05, 3.63) is 11.3 Å². The predicted octanol–water partition coefficient (Wildman–Crippen LogP) is 4.35. The highest BCUT2D eigenvalue weighted by Gasteiger charge is 2.21. The highest BCUT2D eigenvalue weighted by Crippen LogP contribution is 2.27. The van der Waals surface area contributed by atoms with Crippen LogP contribution in [0, 0.1) is 0 Å². The molecule has 0 aromatic carbocycles. The van der Waals surface area contributed by atoms with E-state index < -0.39 is 0 Å². The molecule has 2 nitrogen and oxygen atoms in total. The second-order valence-corrected chi connectivity index (χ2v) is 4.55. The van der Waals surface area contributed by atoms with Gasteiger partial charge in [0, 0.05) is 6.42 Å². The van der Waals surface area contributed by atoms with Crippen molar-refractivity contribution in [1.29, 1.82) is 0 Å². The molecule has 1 heterocycles. The van der Waals surface area contributed by atoms with Crippen LogP contribution < -0.4 is 0 Å². The second kappa shape index (κ2) is 7.48. The van der Waals surface area contributed by atoms with Gasteiger partial charge in [0.15, 0.2) is 0 Å². The van der Waals surface area contributed by atoms with Crippen LogP contribution in [0.2, 0.25) is 0 Å². The zero-order valence-electron chi connectivity index (χ0n) is 10.7. The van der Waals surface area contributed by atoms with E-state index >= 15 is 0 Å². The van der Waals surface area contributed by atoms with Crippen LogP contribution in [-0.2, 0) is 9.53 Å². The van der Waals surface area contributed by atoms with E-state index in [1.165, 1.54) is 37.7 Å². The van der Waals surface area contributed by atoms with Crippen molar-refractivity contribution in [3.63, 3.8) is 0 Å². The molecule has 1 aliphatic rings. The van der Waals surface area contributed by atoms with Gasteiger partial charge in [-0.05, 0) is 18.4 Å². The standard InChI is InChI=1S/C14H24O2/c1-3-5-6-7-8-9-10-13-12(4-2)11-14(15)16-13/h3-11H2,1-2H3. The summed E-state index contributed by atoms with van der Waals surface area (Å²) in [5.41, 5.74) is 1.22. The first-order valence-corrected chi connectivity index (χ1v) is 6.69. The molecule has 0 spiro atoms.